The Hall–Kier alpha value is -4.92. The van der Waals surface area contributed by atoms with E-state index in [-0.39, 0.29) is 18.1 Å². The molecule has 0 fully saturated rings. The monoisotopic (exact) mass is 498 g/mol. The second-order valence-corrected chi connectivity index (χ2v) is 8.05. The third-order valence-electron chi connectivity index (χ3n) is 5.44. The van der Waals surface area contributed by atoms with Crippen LogP contribution in [-0.4, -0.2) is 41.0 Å². The lowest BCUT2D eigenvalue weighted by atomic mass is 9.99. The van der Waals surface area contributed by atoms with Crippen molar-refractivity contribution in [3.63, 3.8) is 0 Å². The Balaban J connectivity index is 1.49. The first-order valence-corrected chi connectivity index (χ1v) is 11.7. The molecule has 0 bridgehead atoms. The van der Waals surface area contributed by atoms with Gasteiger partial charge in [-0.2, -0.15) is 0 Å². The number of amides is 2. The van der Waals surface area contributed by atoms with Crippen molar-refractivity contribution in [2.24, 2.45) is 5.73 Å². The summed E-state index contributed by atoms with van der Waals surface area (Å²) in [5.74, 6) is -0.581. The van der Waals surface area contributed by atoms with E-state index in [9.17, 15) is 14.4 Å². The molecule has 9 heteroatoms. The highest BCUT2D eigenvalue weighted by atomic mass is 16.6. The van der Waals surface area contributed by atoms with Gasteiger partial charge in [0.2, 0.25) is 0 Å². The number of ether oxygens (including phenoxy) is 2. The van der Waals surface area contributed by atoms with Gasteiger partial charge in [0.05, 0.1) is 6.61 Å². The van der Waals surface area contributed by atoms with Gasteiger partial charge in [0.1, 0.15) is 17.3 Å². The average Bonchev–Trinajstić information content (AvgIpc) is 3.31. The number of benzene rings is 3. The Morgan fingerprint density at radius 3 is 2.35 bits per heavy atom. The van der Waals surface area contributed by atoms with E-state index in [4.69, 9.17) is 15.2 Å². The number of anilines is 1. The Kier molecular flexibility index (Phi) is 7.95. The molecule has 1 heterocycles. The number of carbonyl (C=O) groups excluding carboxylic acids is 3. The minimum absolute atomic E-state index is 0.00920. The number of nitrogens with two attached hydrogens (primary N) is 1. The predicted octanol–water partition coefficient (Wildman–Crippen LogP) is 3.96. The number of nitrogens with one attached hydrogen (secondary N) is 2. The molecular formula is C28H26N4O5. The number of rotatable bonds is 10. The molecule has 188 valence electrons. The SMILES string of the molecule is CCOC(=O)COc1ccc(Cc2nc(NC(=O)c3ccccc3-c3ccccc3)c(C(N)=O)[nH]2)cc1. The fourth-order valence-electron chi connectivity index (χ4n) is 3.74. The van der Waals surface area contributed by atoms with Gasteiger partial charge in [-0.15, -0.1) is 0 Å². The first-order chi connectivity index (χ1) is 17.9. The molecule has 2 amide bonds. The molecule has 0 unspecified atom stereocenters. The Labute approximate surface area is 213 Å². The fourth-order valence-corrected chi connectivity index (χ4v) is 3.74. The van der Waals surface area contributed by atoms with Crippen LogP contribution in [0.5, 0.6) is 5.75 Å². The highest BCUT2D eigenvalue weighted by Gasteiger charge is 2.20. The molecule has 0 saturated heterocycles. The van der Waals surface area contributed by atoms with Gasteiger partial charge >= 0.3 is 5.97 Å². The highest BCUT2D eigenvalue weighted by Crippen LogP contribution is 2.25. The number of primary amides is 1. The number of imidazole rings is 1. The van der Waals surface area contributed by atoms with Crippen molar-refractivity contribution in [2.75, 3.05) is 18.5 Å². The van der Waals surface area contributed by atoms with Crippen LogP contribution >= 0.6 is 0 Å². The molecule has 0 saturated carbocycles. The van der Waals surface area contributed by atoms with Crippen LogP contribution in [0.15, 0.2) is 78.9 Å². The fraction of sp³-hybridized carbons (Fsp3) is 0.143. The number of H-pyrrole nitrogens is 1. The third-order valence-corrected chi connectivity index (χ3v) is 5.44. The Bertz CT molecular complexity index is 1400. The summed E-state index contributed by atoms with van der Waals surface area (Å²) in [6, 6.07) is 23.8. The smallest absolute Gasteiger partial charge is 0.344 e. The summed E-state index contributed by atoms with van der Waals surface area (Å²) in [5, 5.41) is 2.73. The van der Waals surface area contributed by atoms with Crippen molar-refractivity contribution < 1.29 is 23.9 Å². The summed E-state index contributed by atoms with van der Waals surface area (Å²) >= 11 is 0. The van der Waals surface area contributed by atoms with Gasteiger partial charge in [0.25, 0.3) is 11.8 Å². The number of nitrogens with zero attached hydrogens (tertiary/aromatic N) is 1. The number of carbonyl (C=O) groups is 3. The quantitative estimate of drug-likeness (QED) is 0.283. The van der Waals surface area contributed by atoms with Crippen molar-refractivity contribution in [1.29, 1.82) is 0 Å². The maximum absolute atomic E-state index is 13.2. The van der Waals surface area contributed by atoms with E-state index in [1.54, 1.807) is 43.3 Å². The van der Waals surface area contributed by atoms with Crippen LogP contribution in [0.25, 0.3) is 11.1 Å². The first-order valence-electron chi connectivity index (χ1n) is 11.7. The molecule has 0 spiro atoms. The summed E-state index contributed by atoms with van der Waals surface area (Å²) in [4.78, 5) is 44.0. The summed E-state index contributed by atoms with van der Waals surface area (Å²) in [6.45, 7) is 1.84. The molecule has 4 rings (SSSR count). The Morgan fingerprint density at radius 1 is 0.946 bits per heavy atom. The molecule has 0 aliphatic heterocycles. The molecule has 0 radical (unpaired) electrons. The zero-order chi connectivity index (χ0) is 26.2. The maximum atomic E-state index is 13.2. The molecule has 0 aliphatic rings. The first kappa shape index (κ1) is 25.2. The second kappa shape index (κ2) is 11.7. The molecule has 3 aromatic carbocycles. The summed E-state index contributed by atoms with van der Waals surface area (Å²) in [5.41, 5.74) is 8.49. The summed E-state index contributed by atoms with van der Waals surface area (Å²) in [6.07, 6.45) is 0.342. The molecule has 4 aromatic rings. The van der Waals surface area contributed by atoms with Crippen molar-refractivity contribution in [2.45, 2.75) is 13.3 Å². The van der Waals surface area contributed by atoms with E-state index in [1.807, 2.05) is 42.5 Å². The van der Waals surface area contributed by atoms with E-state index >= 15 is 0 Å². The molecule has 0 atom stereocenters. The summed E-state index contributed by atoms with van der Waals surface area (Å²) < 4.78 is 10.2. The van der Waals surface area contributed by atoms with Gasteiger partial charge < -0.3 is 25.5 Å². The number of aromatic amines is 1. The second-order valence-electron chi connectivity index (χ2n) is 8.05. The van der Waals surface area contributed by atoms with E-state index in [2.05, 4.69) is 15.3 Å². The van der Waals surface area contributed by atoms with Crippen molar-refractivity contribution in [3.8, 4) is 16.9 Å². The largest absolute Gasteiger partial charge is 0.482 e. The summed E-state index contributed by atoms with van der Waals surface area (Å²) in [7, 11) is 0. The van der Waals surface area contributed by atoms with E-state index in [1.165, 1.54) is 0 Å². The zero-order valence-corrected chi connectivity index (χ0v) is 20.2. The lowest BCUT2D eigenvalue weighted by Crippen LogP contribution is -2.18. The van der Waals surface area contributed by atoms with Gasteiger partial charge in [0.15, 0.2) is 12.4 Å². The van der Waals surface area contributed by atoms with Gasteiger partial charge in [-0.1, -0.05) is 60.7 Å². The molecule has 9 nitrogen and oxygen atoms in total. The molecule has 4 N–H and O–H groups in total. The van der Waals surface area contributed by atoms with Gasteiger partial charge in [0, 0.05) is 12.0 Å². The minimum atomic E-state index is -0.742. The van der Waals surface area contributed by atoms with Crippen LogP contribution in [0, 0.1) is 0 Å². The maximum Gasteiger partial charge on any atom is 0.344 e. The number of hydrogen-bond acceptors (Lipinski definition) is 6. The van der Waals surface area contributed by atoms with Crippen LogP contribution in [0.1, 0.15) is 39.2 Å². The topological polar surface area (TPSA) is 136 Å². The zero-order valence-electron chi connectivity index (χ0n) is 20.2. The molecule has 0 aliphatic carbocycles. The van der Waals surface area contributed by atoms with Gasteiger partial charge in [-0.25, -0.2) is 9.78 Å². The van der Waals surface area contributed by atoms with E-state index in [0.717, 1.165) is 16.7 Å². The van der Waals surface area contributed by atoms with E-state index < -0.39 is 17.8 Å². The van der Waals surface area contributed by atoms with Crippen LogP contribution < -0.4 is 15.8 Å². The van der Waals surface area contributed by atoms with Crippen LogP contribution in [0.2, 0.25) is 0 Å². The number of esters is 1. The van der Waals surface area contributed by atoms with E-state index in [0.29, 0.717) is 30.2 Å². The highest BCUT2D eigenvalue weighted by molar-refractivity contribution is 6.10. The average molecular weight is 499 g/mol. The van der Waals surface area contributed by atoms with Crippen LogP contribution in [-0.2, 0) is 16.0 Å². The minimum Gasteiger partial charge on any atom is -0.482 e. The number of hydrogen-bond donors (Lipinski definition) is 3. The standard InChI is InChI=1S/C28H26N4O5/c1-2-36-24(33)17-37-20-14-12-18(13-15-20)16-23-30-25(26(29)34)27(31-23)32-28(35)22-11-7-6-10-21(22)19-8-4-3-5-9-19/h3-15H,2,16-17H2,1H3,(H2,29,34)(H,30,31)(H,32,35). The predicted molar refractivity (Wildman–Crippen MR) is 138 cm³/mol. The lowest BCUT2D eigenvalue weighted by Gasteiger charge is -2.09. The number of aromatic nitrogens is 2. The van der Waals surface area contributed by atoms with Crippen LogP contribution in [0.3, 0.4) is 0 Å². The van der Waals surface area contributed by atoms with Crippen molar-refractivity contribution in [1.82, 2.24) is 9.97 Å². The third kappa shape index (κ3) is 6.40. The molecule has 1 aromatic heterocycles. The van der Waals surface area contributed by atoms with Gasteiger partial charge in [-0.3, -0.25) is 9.59 Å². The lowest BCUT2D eigenvalue weighted by molar-refractivity contribution is -0.145. The Morgan fingerprint density at radius 2 is 1.65 bits per heavy atom. The van der Waals surface area contributed by atoms with Gasteiger partial charge in [-0.05, 0) is 41.8 Å². The molecular weight excluding hydrogens is 472 g/mol. The van der Waals surface area contributed by atoms with Crippen molar-refractivity contribution >= 4 is 23.6 Å². The van der Waals surface area contributed by atoms with Crippen molar-refractivity contribution in [3.05, 3.63) is 102 Å². The normalized spacial score (nSPS) is 10.5. The molecule has 37 heavy (non-hydrogen) atoms. The van der Waals surface area contributed by atoms with Crippen LogP contribution in [0.4, 0.5) is 5.82 Å².